The van der Waals surface area contributed by atoms with Crippen LogP contribution in [0.1, 0.15) is 35.0 Å². The van der Waals surface area contributed by atoms with Gasteiger partial charge in [-0.15, -0.1) is 0 Å². The van der Waals surface area contributed by atoms with Crippen LogP contribution in [0.15, 0.2) is 78.9 Å². The second-order valence-electron chi connectivity index (χ2n) is 8.85. The van der Waals surface area contributed by atoms with Gasteiger partial charge in [0.05, 0.1) is 16.2 Å². The van der Waals surface area contributed by atoms with Gasteiger partial charge >= 0.3 is 0 Å². The summed E-state index contributed by atoms with van der Waals surface area (Å²) in [6.45, 7) is 6.46. The summed E-state index contributed by atoms with van der Waals surface area (Å²) < 4.78 is 1.95. The quantitative estimate of drug-likeness (QED) is 0.242. The first-order chi connectivity index (χ1) is 16.3. The first kappa shape index (κ1) is 22.6. The lowest BCUT2D eigenvalue weighted by molar-refractivity contribution is 0.676. The molecule has 3 nitrogen and oxygen atoms in total. The van der Waals surface area contributed by atoms with E-state index in [1.54, 1.807) is 0 Å². The van der Waals surface area contributed by atoms with Crippen LogP contribution in [0.2, 0.25) is 10.2 Å². The highest BCUT2D eigenvalue weighted by molar-refractivity contribution is 6.42. The Balaban J connectivity index is 1.82. The normalized spacial score (nSPS) is 13.2. The summed E-state index contributed by atoms with van der Waals surface area (Å²) in [6, 6.07) is 26.8. The lowest BCUT2D eigenvalue weighted by atomic mass is 9.70. The van der Waals surface area contributed by atoms with Crippen LogP contribution in [0, 0.1) is 13.8 Å². The van der Waals surface area contributed by atoms with Gasteiger partial charge in [0.25, 0.3) is 0 Å². The molecule has 0 fully saturated rings. The molecule has 1 unspecified atom stereocenters. The Morgan fingerprint density at radius 2 is 1.47 bits per heavy atom. The third-order valence-corrected chi connectivity index (χ3v) is 7.54. The van der Waals surface area contributed by atoms with Gasteiger partial charge in [-0.1, -0.05) is 89.9 Å². The fraction of sp³-hybridized carbons (Fsp3) is 0.172. The Labute approximate surface area is 210 Å². The van der Waals surface area contributed by atoms with Crippen molar-refractivity contribution in [3.63, 3.8) is 0 Å². The highest BCUT2D eigenvalue weighted by Crippen LogP contribution is 2.44. The number of fused-ring (bicyclic) bond motifs is 1. The average Bonchev–Trinajstić information content (AvgIpc) is 3.11. The molecule has 5 heteroatoms. The van der Waals surface area contributed by atoms with Gasteiger partial charge in [-0.3, -0.25) is 4.68 Å². The molecule has 170 valence electrons. The van der Waals surface area contributed by atoms with Gasteiger partial charge in [0.2, 0.25) is 0 Å². The Bertz CT molecular complexity index is 1510. The van der Waals surface area contributed by atoms with Crippen molar-refractivity contribution in [2.45, 2.75) is 26.2 Å². The van der Waals surface area contributed by atoms with E-state index < -0.39 is 5.41 Å². The van der Waals surface area contributed by atoms with Crippen molar-refractivity contribution in [2.75, 3.05) is 0 Å². The molecular weight excluding hydrogens is 461 g/mol. The van der Waals surface area contributed by atoms with Crippen LogP contribution in [0.25, 0.3) is 22.0 Å². The minimum Gasteiger partial charge on any atom is -0.272 e. The third-order valence-electron chi connectivity index (χ3n) is 6.88. The number of pyridine rings is 1. The summed E-state index contributed by atoms with van der Waals surface area (Å²) in [5.41, 5.74) is 7.69. The van der Waals surface area contributed by atoms with Crippen molar-refractivity contribution in [2.24, 2.45) is 7.05 Å². The molecule has 0 saturated heterocycles. The van der Waals surface area contributed by atoms with Crippen molar-refractivity contribution in [3.8, 4) is 11.1 Å². The number of aromatic nitrogens is 3. The predicted molar refractivity (Wildman–Crippen MR) is 142 cm³/mol. The predicted octanol–water partition coefficient (Wildman–Crippen LogP) is 7.91. The molecule has 0 radical (unpaired) electrons. The van der Waals surface area contributed by atoms with E-state index in [-0.39, 0.29) is 0 Å². The van der Waals surface area contributed by atoms with Crippen molar-refractivity contribution in [1.29, 1.82) is 0 Å². The molecule has 0 amide bonds. The molecular formula is C29H25Cl2N3. The van der Waals surface area contributed by atoms with Crippen LogP contribution < -0.4 is 0 Å². The molecule has 0 aliphatic heterocycles. The van der Waals surface area contributed by atoms with E-state index in [1.165, 1.54) is 11.1 Å². The molecule has 0 aliphatic carbocycles. The molecule has 1 atom stereocenters. The summed E-state index contributed by atoms with van der Waals surface area (Å²) in [5, 5.41) is 6.63. The fourth-order valence-electron chi connectivity index (χ4n) is 5.08. The zero-order chi connectivity index (χ0) is 24.0. The maximum Gasteiger partial charge on any atom is 0.139 e. The molecule has 2 aromatic heterocycles. The topological polar surface area (TPSA) is 30.7 Å². The smallest absolute Gasteiger partial charge is 0.139 e. The second kappa shape index (κ2) is 8.57. The van der Waals surface area contributed by atoms with Crippen LogP contribution in [-0.4, -0.2) is 14.8 Å². The van der Waals surface area contributed by atoms with Gasteiger partial charge < -0.3 is 0 Å². The van der Waals surface area contributed by atoms with E-state index in [0.29, 0.717) is 10.2 Å². The number of nitrogens with zero attached hydrogens (tertiary/aromatic N) is 3. The van der Waals surface area contributed by atoms with Crippen LogP contribution in [0.4, 0.5) is 0 Å². The minimum absolute atomic E-state index is 0.404. The molecule has 5 aromatic rings. The summed E-state index contributed by atoms with van der Waals surface area (Å²) in [7, 11) is 1.99. The monoisotopic (exact) mass is 485 g/mol. The number of aryl methyl sites for hydroxylation is 2. The second-order valence-corrected chi connectivity index (χ2v) is 9.59. The van der Waals surface area contributed by atoms with E-state index in [1.807, 2.05) is 54.2 Å². The Kier molecular flexibility index (Phi) is 5.71. The summed E-state index contributed by atoms with van der Waals surface area (Å²) in [6.07, 6.45) is 0. The highest BCUT2D eigenvalue weighted by Gasteiger charge is 2.36. The molecule has 5 rings (SSSR count). The van der Waals surface area contributed by atoms with Crippen LogP contribution in [-0.2, 0) is 12.5 Å². The molecule has 0 saturated carbocycles. The van der Waals surface area contributed by atoms with Crippen LogP contribution in [0.5, 0.6) is 0 Å². The maximum absolute atomic E-state index is 7.02. The molecule has 34 heavy (non-hydrogen) atoms. The van der Waals surface area contributed by atoms with E-state index in [4.69, 9.17) is 28.3 Å². The zero-order valence-corrected chi connectivity index (χ0v) is 21.1. The molecule has 0 aliphatic rings. The molecule has 2 heterocycles. The molecule has 3 aromatic carbocycles. The molecule has 0 N–H and O–H groups in total. The largest absolute Gasteiger partial charge is 0.272 e. The van der Waals surface area contributed by atoms with Gasteiger partial charge in [-0.25, -0.2) is 4.98 Å². The van der Waals surface area contributed by atoms with E-state index in [0.717, 1.165) is 39.0 Å². The van der Waals surface area contributed by atoms with Crippen molar-refractivity contribution in [1.82, 2.24) is 14.8 Å². The zero-order valence-electron chi connectivity index (χ0n) is 19.6. The summed E-state index contributed by atoms with van der Waals surface area (Å²) in [4.78, 5) is 4.69. The maximum atomic E-state index is 7.02. The Morgan fingerprint density at radius 3 is 2.09 bits per heavy atom. The van der Waals surface area contributed by atoms with Crippen molar-refractivity contribution >= 4 is 34.1 Å². The summed E-state index contributed by atoms with van der Waals surface area (Å²) >= 11 is 13.6. The van der Waals surface area contributed by atoms with E-state index in [9.17, 15) is 0 Å². The van der Waals surface area contributed by atoms with Crippen molar-refractivity contribution in [3.05, 3.63) is 117 Å². The number of halogens is 2. The van der Waals surface area contributed by atoms with Gasteiger partial charge in [0.1, 0.15) is 5.15 Å². The van der Waals surface area contributed by atoms with Crippen LogP contribution >= 0.6 is 23.2 Å². The first-order valence-corrected chi connectivity index (χ1v) is 12.0. The average molecular weight is 486 g/mol. The van der Waals surface area contributed by atoms with Gasteiger partial charge in [0.15, 0.2) is 0 Å². The molecule has 0 spiro atoms. The lowest BCUT2D eigenvalue weighted by Gasteiger charge is -2.32. The van der Waals surface area contributed by atoms with E-state index in [2.05, 4.69) is 62.2 Å². The van der Waals surface area contributed by atoms with Crippen LogP contribution in [0.3, 0.4) is 0 Å². The van der Waals surface area contributed by atoms with E-state index >= 15 is 0 Å². The standard InChI is InChI=1S/C29H25Cl2N3/c1-18-26(19(2)34(4)33-18)29(3,21-13-9-6-10-14-21)22-15-16-24-23(17-22)27(30)25(28(31)32-24)20-11-7-5-8-12-20/h5-17H,1-4H3. The first-order valence-electron chi connectivity index (χ1n) is 11.2. The minimum atomic E-state index is -0.437. The number of hydrogen-bond acceptors (Lipinski definition) is 2. The fourth-order valence-corrected chi connectivity index (χ4v) is 5.77. The Morgan fingerprint density at radius 1 is 0.824 bits per heavy atom. The highest BCUT2D eigenvalue weighted by atomic mass is 35.5. The number of rotatable bonds is 4. The number of benzene rings is 3. The lowest BCUT2D eigenvalue weighted by Crippen LogP contribution is -2.27. The Hall–Kier alpha value is -3.14. The van der Waals surface area contributed by atoms with Gasteiger partial charge in [-0.05, 0) is 49.6 Å². The third kappa shape index (κ3) is 3.51. The van der Waals surface area contributed by atoms with Gasteiger partial charge in [0, 0.05) is 34.7 Å². The SMILES string of the molecule is Cc1nn(C)c(C)c1C(C)(c1ccccc1)c1ccc2nc(Cl)c(-c3ccccc3)c(Cl)c2c1. The molecule has 0 bridgehead atoms. The van der Waals surface area contributed by atoms with Crippen molar-refractivity contribution < 1.29 is 0 Å². The van der Waals surface area contributed by atoms with Gasteiger partial charge in [-0.2, -0.15) is 5.10 Å². The summed E-state index contributed by atoms with van der Waals surface area (Å²) in [5.74, 6) is 0. The number of hydrogen-bond donors (Lipinski definition) is 0.